The third-order valence-corrected chi connectivity index (χ3v) is 3.42. The van der Waals surface area contributed by atoms with E-state index in [1.54, 1.807) is 0 Å². The number of aromatic amines is 2. The van der Waals surface area contributed by atoms with Gasteiger partial charge in [-0.3, -0.25) is 15.0 Å². The van der Waals surface area contributed by atoms with Crippen LogP contribution < -0.4 is 5.56 Å². The summed E-state index contributed by atoms with van der Waals surface area (Å²) in [6.07, 6.45) is 0. The summed E-state index contributed by atoms with van der Waals surface area (Å²) in [5.74, 6) is 0. The molecule has 0 aliphatic heterocycles. The van der Waals surface area contributed by atoms with Gasteiger partial charge in [-0.25, -0.2) is 0 Å². The third-order valence-electron chi connectivity index (χ3n) is 3.42. The van der Waals surface area contributed by atoms with Crippen LogP contribution in [0.1, 0.15) is 0 Å². The van der Waals surface area contributed by atoms with E-state index in [0.717, 1.165) is 27.1 Å². The Kier molecular flexibility index (Phi) is 1.70. The predicted octanol–water partition coefficient (Wildman–Crippen LogP) is 3.16. The van der Waals surface area contributed by atoms with Gasteiger partial charge >= 0.3 is 0 Å². The molecule has 3 heteroatoms. The minimum absolute atomic E-state index is 0.0640. The lowest BCUT2D eigenvalue weighted by molar-refractivity contribution is 1.08. The molecule has 0 aliphatic rings. The van der Waals surface area contributed by atoms with Crippen molar-refractivity contribution >= 4 is 32.4 Å². The van der Waals surface area contributed by atoms with Crippen LogP contribution >= 0.6 is 0 Å². The standard InChI is InChI=1S/C15H10N2O/c18-15-14-12-8-10-4-2-1-3-9(10)7-11(12)5-6-13(14)16-17-15/h1-8H,(H2,16,17,18). The number of benzene rings is 3. The smallest absolute Gasteiger partial charge is 0.272 e. The molecule has 0 saturated carbocycles. The van der Waals surface area contributed by atoms with Crippen LogP contribution in [-0.4, -0.2) is 10.2 Å². The van der Waals surface area contributed by atoms with Gasteiger partial charge < -0.3 is 0 Å². The zero-order chi connectivity index (χ0) is 12.1. The molecule has 0 fully saturated rings. The maximum atomic E-state index is 11.8. The molecule has 0 unspecified atom stereocenters. The lowest BCUT2D eigenvalue weighted by Crippen LogP contribution is -1.97. The Labute approximate surface area is 102 Å². The summed E-state index contributed by atoms with van der Waals surface area (Å²) in [5.41, 5.74) is 0.786. The summed E-state index contributed by atoms with van der Waals surface area (Å²) < 4.78 is 0. The van der Waals surface area contributed by atoms with Gasteiger partial charge in [-0.2, -0.15) is 0 Å². The second-order valence-corrected chi connectivity index (χ2v) is 4.49. The molecule has 0 atom stereocenters. The van der Waals surface area contributed by atoms with Crippen LogP contribution in [0.3, 0.4) is 0 Å². The fraction of sp³-hybridized carbons (Fsp3) is 0. The second kappa shape index (κ2) is 3.23. The zero-order valence-electron chi connectivity index (χ0n) is 9.53. The van der Waals surface area contributed by atoms with Crippen LogP contribution in [0.2, 0.25) is 0 Å². The van der Waals surface area contributed by atoms with Crippen molar-refractivity contribution in [3.05, 3.63) is 58.9 Å². The lowest BCUT2D eigenvalue weighted by Gasteiger charge is -2.02. The van der Waals surface area contributed by atoms with Crippen molar-refractivity contribution in [2.75, 3.05) is 0 Å². The average molecular weight is 234 g/mol. The van der Waals surface area contributed by atoms with Crippen molar-refractivity contribution in [1.82, 2.24) is 10.2 Å². The lowest BCUT2D eigenvalue weighted by atomic mass is 10.0. The number of fused-ring (bicyclic) bond motifs is 4. The molecule has 1 heterocycles. The van der Waals surface area contributed by atoms with Crippen molar-refractivity contribution in [2.24, 2.45) is 0 Å². The fourth-order valence-corrected chi connectivity index (χ4v) is 2.55. The Bertz CT molecular complexity index is 947. The molecule has 2 N–H and O–H groups in total. The summed E-state index contributed by atoms with van der Waals surface area (Å²) in [4.78, 5) is 11.8. The summed E-state index contributed by atoms with van der Waals surface area (Å²) in [6.45, 7) is 0. The van der Waals surface area contributed by atoms with E-state index in [2.05, 4.69) is 34.5 Å². The Morgan fingerprint density at radius 3 is 2.39 bits per heavy atom. The first-order chi connectivity index (χ1) is 8.83. The number of aromatic nitrogens is 2. The van der Waals surface area contributed by atoms with Crippen molar-refractivity contribution < 1.29 is 0 Å². The molecule has 4 aromatic rings. The highest BCUT2D eigenvalue weighted by Gasteiger charge is 2.06. The number of rotatable bonds is 0. The monoisotopic (exact) mass is 234 g/mol. The highest BCUT2D eigenvalue weighted by Crippen LogP contribution is 2.26. The van der Waals surface area contributed by atoms with Gasteiger partial charge in [0.25, 0.3) is 5.56 Å². The quantitative estimate of drug-likeness (QED) is 0.451. The minimum atomic E-state index is -0.0640. The molecule has 4 rings (SSSR count). The largest absolute Gasteiger partial charge is 0.298 e. The SMILES string of the molecule is O=c1[nH][nH]c2ccc3cc4ccccc4cc3c12. The van der Waals surface area contributed by atoms with E-state index in [9.17, 15) is 4.79 Å². The molecule has 0 saturated heterocycles. The molecule has 86 valence electrons. The maximum absolute atomic E-state index is 11.8. The molecule has 3 nitrogen and oxygen atoms in total. The van der Waals surface area contributed by atoms with E-state index >= 15 is 0 Å². The highest BCUT2D eigenvalue weighted by molar-refractivity contribution is 6.10. The number of H-pyrrole nitrogens is 2. The predicted molar refractivity (Wildman–Crippen MR) is 73.9 cm³/mol. The molecule has 3 aromatic carbocycles. The maximum Gasteiger partial charge on any atom is 0.272 e. The van der Waals surface area contributed by atoms with Gasteiger partial charge in [0.1, 0.15) is 0 Å². The van der Waals surface area contributed by atoms with Gasteiger partial charge in [0.15, 0.2) is 0 Å². The average Bonchev–Trinajstić information content (AvgIpc) is 2.78. The first-order valence-electron chi connectivity index (χ1n) is 5.85. The first-order valence-corrected chi connectivity index (χ1v) is 5.85. The van der Waals surface area contributed by atoms with Crippen molar-refractivity contribution in [2.45, 2.75) is 0 Å². The molecular formula is C15H10N2O. The zero-order valence-corrected chi connectivity index (χ0v) is 9.53. The Balaban J connectivity index is 2.33. The van der Waals surface area contributed by atoms with Gasteiger partial charge in [0, 0.05) is 0 Å². The number of nitrogens with one attached hydrogen (secondary N) is 2. The van der Waals surface area contributed by atoms with Crippen LogP contribution in [0.15, 0.2) is 53.3 Å². The summed E-state index contributed by atoms with van der Waals surface area (Å²) in [5, 5.41) is 10.7. The molecule has 0 aliphatic carbocycles. The Hall–Kier alpha value is -2.55. The van der Waals surface area contributed by atoms with Crippen molar-refractivity contribution in [1.29, 1.82) is 0 Å². The third kappa shape index (κ3) is 1.16. The summed E-state index contributed by atoms with van der Waals surface area (Å²) >= 11 is 0. The van der Waals surface area contributed by atoms with Gasteiger partial charge in [-0.1, -0.05) is 30.3 Å². The topological polar surface area (TPSA) is 48.6 Å². The normalized spacial score (nSPS) is 11.6. The van der Waals surface area contributed by atoms with E-state index in [1.165, 1.54) is 5.39 Å². The number of hydrogen-bond acceptors (Lipinski definition) is 1. The van der Waals surface area contributed by atoms with Gasteiger partial charge in [-0.15, -0.1) is 0 Å². The first kappa shape index (κ1) is 9.48. The van der Waals surface area contributed by atoms with Crippen LogP contribution in [0.5, 0.6) is 0 Å². The van der Waals surface area contributed by atoms with E-state index in [0.29, 0.717) is 0 Å². The summed E-state index contributed by atoms with van der Waals surface area (Å²) in [7, 11) is 0. The molecular weight excluding hydrogens is 224 g/mol. The number of hydrogen-bond donors (Lipinski definition) is 2. The molecule has 0 spiro atoms. The molecule has 0 bridgehead atoms. The molecule has 0 amide bonds. The summed E-state index contributed by atoms with van der Waals surface area (Å²) in [6, 6.07) is 16.4. The minimum Gasteiger partial charge on any atom is -0.298 e. The van der Waals surface area contributed by atoms with Gasteiger partial charge in [0.05, 0.1) is 10.9 Å². The van der Waals surface area contributed by atoms with Gasteiger partial charge in [-0.05, 0) is 39.7 Å². The highest BCUT2D eigenvalue weighted by atomic mass is 16.1. The Morgan fingerprint density at radius 1 is 0.778 bits per heavy atom. The van der Waals surface area contributed by atoms with Crippen LogP contribution in [-0.2, 0) is 0 Å². The van der Waals surface area contributed by atoms with E-state index in [1.807, 2.05) is 24.3 Å². The van der Waals surface area contributed by atoms with Crippen LogP contribution in [0.4, 0.5) is 0 Å². The molecule has 0 radical (unpaired) electrons. The van der Waals surface area contributed by atoms with E-state index in [-0.39, 0.29) is 5.56 Å². The molecule has 1 aromatic heterocycles. The van der Waals surface area contributed by atoms with E-state index < -0.39 is 0 Å². The van der Waals surface area contributed by atoms with Crippen molar-refractivity contribution in [3.63, 3.8) is 0 Å². The van der Waals surface area contributed by atoms with Crippen molar-refractivity contribution in [3.8, 4) is 0 Å². The van der Waals surface area contributed by atoms with E-state index in [4.69, 9.17) is 0 Å². The Morgan fingerprint density at radius 2 is 1.56 bits per heavy atom. The van der Waals surface area contributed by atoms with Gasteiger partial charge in [0.2, 0.25) is 0 Å². The van der Waals surface area contributed by atoms with Crippen LogP contribution in [0.25, 0.3) is 32.4 Å². The van der Waals surface area contributed by atoms with Crippen LogP contribution in [0, 0.1) is 0 Å². The second-order valence-electron chi connectivity index (χ2n) is 4.49. The molecule has 18 heavy (non-hydrogen) atoms. The fourth-order valence-electron chi connectivity index (χ4n) is 2.55.